The molecule has 1 unspecified atom stereocenters. The summed E-state index contributed by atoms with van der Waals surface area (Å²) in [4.78, 5) is 2.05. The van der Waals surface area contributed by atoms with Gasteiger partial charge in [0.15, 0.2) is 0 Å². The van der Waals surface area contributed by atoms with E-state index in [4.69, 9.17) is 4.74 Å². The van der Waals surface area contributed by atoms with Crippen LogP contribution in [0.2, 0.25) is 0 Å². The summed E-state index contributed by atoms with van der Waals surface area (Å²) in [7, 11) is 1.70. The van der Waals surface area contributed by atoms with Crippen molar-refractivity contribution in [1.82, 2.24) is 0 Å². The molecule has 0 bridgehead atoms. The topological polar surface area (TPSA) is 32.7 Å². The first-order valence-electron chi connectivity index (χ1n) is 6.83. The summed E-state index contributed by atoms with van der Waals surface area (Å²) in [5, 5.41) is 9.81. The Morgan fingerprint density at radius 1 is 1.53 bits per heavy atom. The van der Waals surface area contributed by atoms with Crippen LogP contribution in [-0.2, 0) is 4.74 Å². The van der Waals surface area contributed by atoms with Crippen LogP contribution in [0, 0.1) is 11.7 Å². The second-order valence-electron chi connectivity index (χ2n) is 5.26. The Balaban J connectivity index is 2.25. The number of methoxy groups -OCH3 is 1. The summed E-state index contributed by atoms with van der Waals surface area (Å²) in [6, 6.07) is 4.90. The lowest BCUT2D eigenvalue weighted by atomic mass is 9.96. The molecule has 4 heteroatoms. The molecule has 1 aliphatic rings. The summed E-state index contributed by atoms with van der Waals surface area (Å²) < 4.78 is 19.3. The first kappa shape index (κ1) is 14.3. The molecule has 19 heavy (non-hydrogen) atoms. The molecule has 2 rings (SSSR count). The summed E-state index contributed by atoms with van der Waals surface area (Å²) >= 11 is 0. The number of ether oxygens (including phenoxy) is 1. The molecule has 2 atom stereocenters. The van der Waals surface area contributed by atoms with E-state index in [1.165, 1.54) is 6.07 Å². The van der Waals surface area contributed by atoms with Crippen LogP contribution in [0.15, 0.2) is 18.2 Å². The SMILES string of the molecule is COCC1CCCN(c2c(F)cccc2[C@H](C)O)C1. The lowest BCUT2D eigenvalue weighted by Crippen LogP contribution is -2.38. The van der Waals surface area contributed by atoms with Crippen molar-refractivity contribution in [3.63, 3.8) is 0 Å². The molecule has 106 valence electrons. The highest BCUT2D eigenvalue weighted by molar-refractivity contribution is 5.56. The molecule has 0 amide bonds. The number of hydrogen-bond donors (Lipinski definition) is 1. The van der Waals surface area contributed by atoms with E-state index in [9.17, 15) is 9.50 Å². The summed E-state index contributed by atoms with van der Waals surface area (Å²) in [5.41, 5.74) is 1.22. The minimum Gasteiger partial charge on any atom is -0.389 e. The van der Waals surface area contributed by atoms with Crippen molar-refractivity contribution < 1.29 is 14.2 Å². The monoisotopic (exact) mass is 267 g/mol. The first-order chi connectivity index (χ1) is 9.13. The molecule has 3 nitrogen and oxygen atoms in total. The predicted octanol–water partition coefficient (Wildman–Crippen LogP) is 2.74. The maximum Gasteiger partial charge on any atom is 0.146 e. The van der Waals surface area contributed by atoms with Gasteiger partial charge < -0.3 is 14.7 Å². The fraction of sp³-hybridized carbons (Fsp3) is 0.600. The van der Waals surface area contributed by atoms with Crippen molar-refractivity contribution in [1.29, 1.82) is 0 Å². The van der Waals surface area contributed by atoms with Crippen LogP contribution in [0.4, 0.5) is 10.1 Å². The van der Waals surface area contributed by atoms with Gasteiger partial charge in [0.05, 0.1) is 18.4 Å². The lowest BCUT2D eigenvalue weighted by molar-refractivity contribution is 0.142. The Kier molecular flexibility index (Phi) is 4.77. The number of nitrogens with zero attached hydrogens (tertiary/aromatic N) is 1. The van der Waals surface area contributed by atoms with E-state index < -0.39 is 6.10 Å². The minimum atomic E-state index is -0.659. The van der Waals surface area contributed by atoms with Gasteiger partial charge in [0.2, 0.25) is 0 Å². The first-order valence-corrected chi connectivity index (χ1v) is 6.83. The predicted molar refractivity (Wildman–Crippen MR) is 73.8 cm³/mol. The largest absolute Gasteiger partial charge is 0.389 e. The number of rotatable bonds is 4. The average Bonchev–Trinajstić information content (AvgIpc) is 2.39. The van der Waals surface area contributed by atoms with Gasteiger partial charge in [-0.25, -0.2) is 4.39 Å². The second-order valence-corrected chi connectivity index (χ2v) is 5.26. The van der Waals surface area contributed by atoms with Gasteiger partial charge in [0, 0.05) is 25.8 Å². The number of benzene rings is 1. The van der Waals surface area contributed by atoms with Gasteiger partial charge in [-0.2, -0.15) is 0 Å². The molecule has 0 radical (unpaired) electrons. The van der Waals surface area contributed by atoms with Gasteiger partial charge in [-0.3, -0.25) is 0 Å². The molecule has 1 saturated heterocycles. The summed E-state index contributed by atoms with van der Waals surface area (Å²) in [6.07, 6.45) is 1.48. The van der Waals surface area contributed by atoms with Crippen molar-refractivity contribution in [2.75, 3.05) is 31.7 Å². The molecule has 1 aromatic rings. The number of halogens is 1. The lowest BCUT2D eigenvalue weighted by Gasteiger charge is -2.35. The number of para-hydroxylation sites is 1. The van der Waals surface area contributed by atoms with Crippen LogP contribution in [0.1, 0.15) is 31.4 Å². The van der Waals surface area contributed by atoms with Crippen molar-refractivity contribution in [3.8, 4) is 0 Å². The second kappa shape index (κ2) is 6.35. The zero-order valence-corrected chi connectivity index (χ0v) is 11.6. The van der Waals surface area contributed by atoms with E-state index in [1.807, 2.05) is 4.90 Å². The van der Waals surface area contributed by atoms with E-state index in [1.54, 1.807) is 26.2 Å². The van der Waals surface area contributed by atoms with Gasteiger partial charge >= 0.3 is 0 Å². The molecule has 0 saturated carbocycles. The fourth-order valence-corrected chi connectivity index (χ4v) is 2.84. The van der Waals surface area contributed by atoms with E-state index >= 15 is 0 Å². The zero-order chi connectivity index (χ0) is 13.8. The average molecular weight is 267 g/mol. The molecular formula is C15H22FNO2. The van der Waals surface area contributed by atoms with Crippen LogP contribution in [0.3, 0.4) is 0 Å². The maximum absolute atomic E-state index is 14.1. The Hall–Kier alpha value is -1.13. The molecule has 1 heterocycles. The molecule has 1 fully saturated rings. The number of aliphatic hydroxyl groups is 1. The van der Waals surface area contributed by atoms with Crippen LogP contribution in [-0.4, -0.2) is 31.9 Å². The molecule has 1 aliphatic heterocycles. The molecule has 0 aliphatic carbocycles. The summed E-state index contributed by atoms with van der Waals surface area (Å²) in [6.45, 7) is 4.00. The van der Waals surface area contributed by atoms with Crippen molar-refractivity contribution in [2.24, 2.45) is 5.92 Å². The van der Waals surface area contributed by atoms with Crippen LogP contribution in [0.25, 0.3) is 0 Å². The van der Waals surface area contributed by atoms with Gasteiger partial charge in [-0.1, -0.05) is 12.1 Å². The highest BCUT2D eigenvalue weighted by atomic mass is 19.1. The van der Waals surface area contributed by atoms with E-state index in [2.05, 4.69) is 0 Å². The van der Waals surface area contributed by atoms with Gasteiger partial charge in [0.1, 0.15) is 5.82 Å². The smallest absolute Gasteiger partial charge is 0.146 e. The van der Waals surface area contributed by atoms with Crippen LogP contribution >= 0.6 is 0 Å². The number of aliphatic hydroxyl groups excluding tert-OH is 1. The minimum absolute atomic E-state index is 0.253. The maximum atomic E-state index is 14.1. The highest BCUT2D eigenvalue weighted by Gasteiger charge is 2.25. The van der Waals surface area contributed by atoms with Crippen molar-refractivity contribution >= 4 is 5.69 Å². The normalized spacial score (nSPS) is 21.5. The third-order valence-electron chi connectivity index (χ3n) is 3.71. The van der Waals surface area contributed by atoms with Crippen molar-refractivity contribution in [3.05, 3.63) is 29.6 Å². The zero-order valence-electron chi connectivity index (χ0n) is 11.6. The van der Waals surface area contributed by atoms with Crippen LogP contribution < -0.4 is 4.90 Å². The molecule has 0 spiro atoms. The number of anilines is 1. The van der Waals surface area contributed by atoms with Crippen LogP contribution in [0.5, 0.6) is 0 Å². The Morgan fingerprint density at radius 2 is 2.32 bits per heavy atom. The third kappa shape index (κ3) is 3.25. The van der Waals surface area contributed by atoms with Crippen molar-refractivity contribution in [2.45, 2.75) is 25.9 Å². The third-order valence-corrected chi connectivity index (χ3v) is 3.71. The molecule has 1 aromatic carbocycles. The number of piperidine rings is 1. The molecule has 0 aromatic heterocycles. The fourth-order valence-electron chi connectivity index (χ4n) is 2.84. The highest BCUT2D eigenvalue weighted by Crippen LogP contribution is 2.32. The van der Waals surface area contributed by atoms with Gasteiger partial charge in [0.25, 0.3) is 0 Å². The van der Waals surface area contributed by atoms with E-state index in [0.29, 0.717) is 23.8 Å². The van der Waals surface area contributed by atoms with Gasteiger partial charge in [-0.05, 0) is 31.7 Å². The standard InChI is InChI=1S/C15H22FNO2/c1-11(18)13-6-3-7-14(16)15(13)17-8-4-5-12(9-17)10-19-2/h3,6-7,11-12,18H,4-5,8-10H2,1-2H3/t11-,12?/m0/s1. The quantitative estimate of drug-likeness (QED) is 0.910. The Labute approximate surface area is 114 Å². The molecule has 1 N–H and O–H groups in total. The van der Waals surface area contributed by atoms with E-state index in [0.717, 1.165) is 25.9 Å². The summed E-state index contributed by atoms with van der Waals surface area (Å²) in [5.74, 6) is 0.177. The Morgan fingerprint density at radius 3 is 3.00 bits per heavy atom. The number of hydrogen-bond acceptors (Lipinski definition) is 3. The molecular weight excluding hydrogens is 245 g/mol. The van der Waals surface area contributed by atoms with E-state index in [-0.39, 0.29) is 5.82 Å². The van der Waals surface area contributed by atoms with Gasteiger partial charge in [-0.15, -0.1) is 0 Å². The Bertz CT molecular complexity index is 421.